The van der Waals surface area contributed by atoms with Gasteiger partial charge in [0.1, 0.15) is 0 Å². The molecular formula is C11H22. The van der Waals surface area contributed by atoms with Crippen LogP contribution in [0, 0.1) is 16.7 Å². The van der Waals surface area contributed by atoms with Crippen LogP contribution in [0.1, 0.15) is 53.9 Å². The third-order valence-corrected chi connectivity index (χ3v) is 3.30. The number of hydrogen-bond donors (Lipinski definition) is 0. The van der Waals surface area contributed by atoms with E-state index in [0.717, 1.165) is 5.92 Å². The van der Waals surface area contributed by atoms with Gasteiger partial charge in [0.25, 0.3) is 0 Å². The molecule has 0 aromatic rings. The van der Waals surface area contributed by atoms with Crippen LogP contribution in [0.15, 0.2) is 0 Å². The number of hydrogen-bond acceptors (Lipinski definition) is 0. The van der Waals surface area contributed by atoms with Gasteiger partial charge in [-0.25, -0.2) is 0 Å². The molecule has 0 amide bonds. The van der Waals surface area contributed by atoms with Gasteiger partial charge in [0.2, 0.25) is 0 Å². The van der Waals surface area contributed by atoms with Gasteiger partial charge in [-0.05, 0) is 29.6 Å². The molecule has 0 N–H and O–H groups in total. The summed E-state index contributed by atoms with van der Waals surface area (Å²) in [5.74, 6) is 0.926. The molecule has 1 saturated carbocycles. The third kappa shape index (κ3) is 1.77. The normalized spacial score (nSPS) is 30.8. The molecule has 11 heavy (non-hydrogen) atoms. The molecule has 1 aliphatic rings. The van der Waals surface area contributed by atoms with Gasteiger partial charge in [-0.1, -0.05) is 41.0 Å². The van der Waals surface area contributed by atoms with Crippen LogP contribution in [0.3, 0.4) is 0 Å². The number of rotatable bonds is 0. The molecule has 0 radical (unpaired) electrons. The summed E-state index contributed by atoms with van der Waals surface area (Å²) >= 11 is 0. The standard InChI is InChI=1S/C11H22/c1-10(2,3)9-7-6-8-11(9,4)5/h9H,6-8H2,1-5H3. The minimum Gasteiger partial charge on any atom is -0.0599 e. The predicted octanol–water partition coefficient (Wildman–Crippen LogP) is 3.86. The van der Waals surface area contributed by atoms with Crippen molar-refractivity contribution in [1.29, 1.82) is 0 Å². The molecule has 66 valence electrons. The minimum absolute atomic E-state index is 0.514. The third-order valence-electron chi connectivity index (χ3n) is 3.30. The summed E-state index contributed by atoms with van der Waals surface area (Å²) in [4.78, 5) is 0. The SMILES string of the molecule is CC(C)(C)C1CCCC1(C)C. The summed E-state index contributed by atoms with van der Waals surface area (Å²) in [5.41, 5.74) is 1.11. The molecule has 0 bridgehead atoms. The quantitative estimate of drug-likeness (QED) is 0.497. The maximum absolute atomic E-state index is 2.43. The van der Waals surface area contributed by atoms with Gasteiger partial charge < -0.3 is 0 Å². The van der Waals surface area contributed by atoms with Gasteiger partial charge in [0.15, 0.2) is 0 Å². The molecule has 0 spiro atoms. The van der Waals surface area contributed by atoms with Crippen molar-refractivity contribution < 1.29 is 0 Å². The van der Waals surface area contributed by atoms with Crippen LogP contribution in [-0.2, 0) is 0 Å². The van der Waals surface area contributed by atoms with Crippen molar-refractivity contribution in [1.82, 2.24) is 0 Å². The molecule has 0 heterocycles. The van der Waals surface area contributed by atoms with E-state index in [2.05, 4.69) is 34.6 Å². The summed E-state index contributed by atoms with van der Waals surface area (Å²) in [6, 6.07) is 0. The van der Waals surface area contributed by atoms with Crippen LogP contribution >= 0.6 is 0 Å². The zero-order chi connectivity index (χ0) is 8.70. The maximum atomic E-state index is 2.43. The second-order valence-electron chi connectivity index (χ2n) is 5.80. The molecule has 1 aliphatic carbocycles. The lowest BCUT2D eigenvalue weighted by Gasteiger charge is -2.37. The van der Waals surface area contributed by atoms with Crippen molar-refractivity contribution in [3.63, 3.8) is 0 Å². The molecule has 1 atom stereocenters. The first-order valence-corrected chi connectivity index (χ1v) is 4.84. The van der Waals surface area contributed by atoms with Crippen LogP contribution in [0.5, 0.6) is 0 Å². The van der Waals surface area contributed by atoms with Crippen molar-refractivity contribution in [2.24, 2.45) is 16.7 Å². The fraction of sp³-hybridized carbons (Fsp3) is 1.00. The Bertz CT molecular complexity index is 137. The summed E-state index contributed by atoms with van der Waals surface area (Å²) in [5, 5.41) is 0. The van der Waals surface area contributed by atoms with E-state index in [9.17, 15) is 0 Å². The molecule has 1 unspecified atom stereocenters. The summed E-state index contributed by atoms with van der Waals surface area (Å²) in [6.07, 6.45) is 4.31. The average molecular weight is 154 g/mol. The molecule has 0 nitrogen and oxygen atoms in total. The summed E-state index contributed by atoms with van der Waals surface area (Å²) in [6.45, 7) is 12.0. The van der Waals surface area contributed by atoms with Crippen molar-refractivity contribution in [2.75, 3.05) is 0 Å². The van der Waals surface area contributed by atoms with Crippen molar-refractivity contribution in [3.8, 4) is 0 Å². The highest BCUT2D eigenvalue weighted by molar-refractivity contribution is 4.91. The molecule has 0 aromatic heterocycles. The van der Waals surface area contributed by atoms with Crippen molar-refractivity contribution in [3.05, 3.63) is 0 Å². The van der Waals surface area contributed by atoms with Gasteiger partial charge in [-0.3, -0.25) is 0 Å². The first-order valence-electron chi connectivity index (χ1n) is 4.84. The molecule has 1 fully saturated rings. The predicted molar refractivity (Wildman–Crippen MR) is 50.6 cm³/mol. The van der Waals surface area contributed by atoms with Gasteiger partial charge in [-0.15, -0.1) is 0 Å². The fourth-order valence-electron chi connectivity index (χ4n) is 2.93. The first kappa shape index (κ1) is 9.09. The van der Waals surface area contributed by atoms with E-state index < -0.39 is 0 Å². The van der Waals surface area contributed by atoms with Gasteiger partial charge in [-0.2, -0.15) is 0 Å². The second-order valence-corrected chi connectivity index (χ2v) is 5.80. The lowest BCUT2D eigenvalue weighted by molar-refractivity contribution is 0.121. The molecule has 1 rings (SSSR count). The van der Waals surface area contributed by atoms with Crippen LogP contribution in [-0.4, -0.2) is 0 Å². The Hall–Kier alpha value is 0. The van der Waals surface area contributed by atoms with E-state index in [4.69, 9.17) is 0 Å². The van der Waals surface area contributed by atoms with Crippen molar-refractivity contribution >= 4 is 0 Å². The van der Waals surface area contributed by atoms with Crippen LogP contribution in [0.2, 0.25) is 0 Å². The Morgan fingerprint density at radius 3 is 1.91 bits per heavy atom. The second kappa shape index (κ2) is 2.50. The van der Waals surface area contributed by atoms with E-state index in [1.54, 1.807) is 0 Å². The van der Waals surface area contributed by atoms with Crippen LogP contribution in [0.4, 0.5) is 0 Å². The average Bonchev–Trinajstić information content (AvgIpc) is 2.06. The molecule has 0 aliphatic heterocycles. The highest BCUT2D eigenvalue weighted by Gasteiger charge is 2.41. The largest absolute Gasteiger partial charge is 0.0599 e. The van der Waals surface area contributed by atoms with Crippen LogP contribution < -0.4 is 0 Å². The zero-order valence-corrected chi connectivity index (χ0v) is 8.70. The topological polar surface area (TPSA) is 0 Å². The Balaban J connectivity index is 2.73. The summed E-state index contributed by atoms with van der Waals surface area (Å²) in [7, 11) is 0. The van der Waals surface area contributed by atoms with E-state index in [1.165, 1.54) is 19.3 Å². The fourth-order valence-corrected chi connectivity index (χ4v) is 2.93. The Morgan fingerprint density at radius 1 is 1.18 bits per heavy atom. The lowest BCUT2D eigenvalue weighted by atomic mass is 9.68. The lowest BCUT2D eigenvalue weighted by Crippen LogP contribution is -2.29. The van der Waals surface area contributed by atoms with E-state index >= 15 is 0 Å². The van der Waals surface area contributed by atoms with Crippen LogP contribution in [0.25, 0.3) is 0 Å². The van der Waals surface area contributed by atoms with Crippen molar-refractivity contribution in [2.45, 2.75) is 53.9 Å². The van der Waals surface area contributed by atoms with Gasteiger partial charge >= 0.3 is 0 Å². The van der Waals surface area contributed by atoms with E-state index in [-0.39, 0.29) is 0 Å². The highest BCUT2D eigenvalue weighted by atomic mass is 14.5. The Labute approximate surface area is 71.4 Å². The smallest absolute Gasteiger partial charge is 0.0314 e. The zero-order valence-electron chi connectivity index (χ0n) is 8.70. The molecular weight excluding hydrogens is 132 g/mol. The molecule has 0 saturated heterocycles. The summed E-state index contributed by atoms with van der Waals surface area (Å²) < 4.78 is 0. The Morgan fingerprint density at radius 2 is 1.73 bits per heavy atom. The van der Waals surface area contributed by atoms with E-state index in [1.807, 2.05) is 0 Å². The van der Waals surface area contributed by atoms with Gasteiger partial charge in [0.05, 0.1) is 0 Å². The highest BCUT2D eigenvalue weighted by Crippen LogP contribution is 2.50. The molecule has 0 aromatic carbocycles. The van der Waals surface area contributed by atoms with Gasteiger partial charge in [0, 0.05) is 0 Å². The monoisotopic (exact) mass is 154 g/mol. The first-order chi connectivity index (χ1) is 4.84. The molecule has 0 heteroatoms. The maximum Gasteiger partial charge on any atom is -0.0314 e. The van der Waals surface area contributed by atoms with E-state index in [0.29, 0.717) is 10.8 Å². The minimum atomic E-state index is 0.514. The Kier molecular flexibility index (Phi) is 2.07.